The number of hydrogen-bond acceptors (Lipinski definition) is 5. The van der Waals surface area contributed by atoms with Crippen molar-refractivity contribution >= 4 is 29.9 Å². The monoisotopic (exact) mass is 478 g/mol. The van der Waals surface area contributed by atoms with Gasteiger partial charge in [-0.3, -0.25) is 19.2 Å². The van der Waals surface area contributed by atoms with Gasteiger partial charge in [0.15, 0.2) is 5.78 Å². The molecule has 0 saturated heterocycles. The quantitative estimate of drug-likeness (QED) is 0.364. The summed E-state index contributed by atoms with van der Waals surface area (Å²) in [6.07, 6.45) is 0.299. The summed E-state index contributed by atoms with van der Waals surface area (Å²) in [6, 6.07) is 11.6. The molecule has 0 heterocycles. The molecule has 2 aromatic rings. The fraction of sp³-hybridized carbons (Fsp3) is 0.370. The van der Waals surface area contributed by atoms with Crippen molar-refractivity contribution in [3.8, 4) is 11.1 Å². The van der Waals surface area contributed by atoms with Gasteiger partial charge in [-0.15, -0.1) is 0 Å². The van der Waals surface area contributed by atoms with Crippen molar-refractivity contribution < 1.29 is 29.1 Å². The Bertz CT molecular complexity index is 1160. The summed E-state index contributed by atoms with van der Waals surface area (Å²) < 4.78 is 0. The van der Waals surface area contributed by atoms with Crippen LogP contribution in [0.5, 0.6) is 0 Å². The minimum atomic E-state index is -1.22. The van der Waals surface area contributed by atoms with E-state index >= 15 is 0 Å². The van der Waals surface area contributed by atoms with E-state index in [9.17, 15) is 24.0 Å². The van der Waals surface area contributed by atoms with Crippen molar-refractivity contribution in [2.75, 3.05) is 0 Å². The SMILES string of the molecule is CC(CC(=O)[C@@H](NC(=O)c1cccc2c1Cc1ccccc1-2)C(C)C)C(=O)N[C@H](C=O)CC(=O)O. The molecule has 1 unspecified atom stereocenters. The summed E-state index contributed by atoms with van der Waals surface area (Å²) in [7, 11) is 0. The number of hydrogen-bond donors (Lipinski definition) is 3. The van der Waals surface area contributed by atoms with Gasteiger partial charge < -0.3 is 20.5 Å². The fourth-order valence-corrected chi connectivity index (χ4v) is 4.38. The number of nitrogens with one attached hydrogen (secondary N) is 2. The Morgan fingerprint density at radius 1 is 0.943 bits per heavy atom. The maximum atomic E-state index is 13.2. The lowest BCUT2D eigenvalue weighted by Crippen LogP contribution is -2.46. The third-order valence-electron chi connectivity index (χ3n) is 6.24. The number of aliphatic carboxylic acids is 1. The van der Waals surface area contributed by atoms with Crippen molar-refractivity contribution in [1.29, 1.82) is 0 Å². The Balaban J connectivity index is 1.69. The predicted molar refractivity (Wildman–Crippen MR) is 130 cm³/mol. The van der Waals surface area contributed by atoms with Gasteiger partial charge >= 0.3 is 5.97 Å². The van der Waals surface area contributed by atoms with Crippen molar-refractivity contribution in [3.05, 3.63) is 59.2 Å². The minimum absolute atomic E-state index is 0.161. The van der Waals surface area contributed by atoms with Gasteiger partial charge in [-0.05, 0) is 40.7 Å². The third-order valence-corrected chi connectivity index (χ3v) is 6.24. The molecule has 0 radical (unpaired) electrons. The fourth-order valence-electron chi connectivity index (χ4n) is 4.38. The van der Waals surface area contributed by atoms with Gasteiger partial charge in [0.1, 0.15) is 6.29 Å². The maximum absolute atomic E-state index is 13.2. The first-order valence-electron chi connectivity index (χ1n) is 11.6. The second-order valence-corrected chi connectivity index (χ2v) is 9.28. The summed E-state index contributed by atoms with van der Waals surface area (Å²) in [4.78, 5) is 60.5. The first kappa shape index (κ1) is 25.8. The van der Waals surface area contributed by atoms with E-state index in [1.807, 2.05) is 50.2 Å². The molecule has 8 nitrogen and oxygen atoms in total. The lowest BCUT2D eigenvalue weighted by Gasteiger charge is -2.23. The number of aldehydes is 1. The second-order valence-electron chi connectivity index (χ2n) is 9.28. The topological polar surface area (TPSA) is 130 Å². The number of carbonyl (C=O) groups is 5. The molecule has 0 aromatic heterocycles. The molecule has 1 aliphatic rings. The van der Waals surface area contributed by atoms with Gasteiger partial charge in [0, 0.05) is 17.9 Å². The molecule has 3 atom stereocenters. The van der Waals surface area contributed by atoms with E-state index in [0.29, 0.717) is 18.3 Å². The van der Waals surface area contributed by atoms with E-state index < -0.39 is 36.3 Å². The van der Waals surface area contributed by atoms with Crippen LogP contribution in [-0.2, 0) is 25.6 Å². The van der Waals surface area contributed by atoms with Crippen LogP contribution in [0, 0.1) is 11.8 Å². The van der Waals surface area contributed by atoms with Gasteiger partial charge in [-0.2, -0.15) is 0 Å². The summed E-state index contributed by atoms with van der Waals surface area (Å²) in [5, 5.41) is 14.0. The molecule has 1 aliphatic carbocycles. The first-order chi connectivity index (χ1) is 16.6. The van der Waals surface area contributed by atoms with E-state index in [1.54, 1.807) is 6.07 Å². The van der Waals surface area contributed by atoms with E-state index in [0.717, 1.165) is 22.3 Å². The average molecular weight is 479 g/mol. The molecule has 0 saturated carbocycles. The van der Waals surface area contributed by atoms with Crippen molar-refractivity contribution in [3.63, 3.8) is 0 Å². The third kappa shape index (κ3) is 6.01. The number of benzene rings is 2. The minimum Gasteiger partial charge on any atom is -0.481 e. The van der Waals surface area contributed by atoms with E-state index in [4.69, 9.17) is 5.11 Å². The van der Waals surface area contributed by atoms with Crippen LogP contribution in [0.4, 0.5) is 0 Å². The molecule has 35 heavy (non-hydrogen) atoms. The molecule has 3 N–H and O–H groups in total. The van der Waals surface area contributed by atoms with Gasteiger partial charge in [-0.1, -0.05) is 57.2 Å². The number of carboxylic acid groups (broad SMARTS) is 1. The van der Waals surface area contributed by atoms with Crippen LogP contribution in [0.2, 0.25) is 0 Å². The number of Topliss-reactive ketones (excluding diaryl/α,β-unsaturated/α-hetero) is 1. The molecule has 184 valence electrons. The molecule has 0 fully saturated rings. The van der Waals surface area contributed by atoms with Gasteiger partial charge in [0.05, 0.1) is 18.5 Å². The molecule has 2 amide bonds. The zero-order valence-electron chi connectivity index (χ0n) is 20.0. The number of carboxylic acids is 1. The van der Waals surface area contributed by atoms with Crippen LogP contribution in [0.3, 0.4) is 0 Å². The Hall–Kier alpha value is -3.81. The highest BCUT2D eigenvalue weighted by molar-refractivity contribution is 6.02. The summed E-state index contributed by atoms with van der Waals surface area (Å²) >= 11 is 0. The zero-order chi connectivity index (χ0) is 25.7. The molecule has 0 aliphatic heterocycles. The zero-order valence-corrected chi connectivity index (χ0v) is 20.0. The van der Waals surface area contributed by atoms with Crippen LogP contribution in [0.1, 0.15) is 55.1 Å². The summed E-state index contributed by atoms with van der Waals surface area (Å²) in [5.74, 6) is -3.49. The van der Waals surface area contributed by atoms with Crippen LogP contribution in [0.25, 0.3) is 11.1 Å². The maximum Gasteiger partial charge on any atom is 0.305 e. The molecule has 0 bridgehead atoms. The Morgan fingerprint density at radius 3 is 2.29 bits per heavy atom. The number of fused-ring (bicyclic) bond motifs is 3. The molecule has 8 heteroatoms. The second kappa shape index (κ2) is 11.1. The molecular weight excluding hydrogens is 448 g/mol. The number of ketones is 1. The largest absolute Gasteiger partial charge is 0.481 e. The first-order valence-corrected chi connectivity index (χ1v) is 11.6. The lowest BCUT2D eigenvalue weighted by molar-refractivity contribution is -0.139. The lowest BCUT2D eigenvalue weighted by atomic mass is 9.92. The molecule has 3 rings (SSSR count). The van der Waals surface area contributed by atoms with Crippen LogP contribution < -0.4 is 10.6 Å². The summed E-state index contributed by atoms with van der Waals surface area (Å²) in [6.45, 7) is 5.15. The highest BCUT2D eigenvalue weighted by atomic mass is 16.4. The Morgan fingerprint density at radius 2 is 1.63 bits per heavy atom. The van der Waals surface area contributed by atoms with Gasteiger partial charge in [-0.25, -0.2) is 0 Å². The molecule has 0 spiro atoms. The average Bonchev–Trinajstić information content (AvgIpc) is 3.20. The normalized spacial score (nSPS) is 14.3. The highest BCUT2D eigenvalue weighted by Crippen LogP contribution is 2.38. The highest BCUT2D eigenvalue weighted by Gasteiger charge is 2.30. The predicted octanol–water partition coefficient (Wildman–Crippen LogP) is 2.77. The van der Waals surface area contributed by atoms with E-state index in [1.165, 1.54) is 6.92 Å². The van der Waals surface area contributed by atoms with E-state index in [-0.39, 0.29) is 24.0 Å². The van der Waals surface area contributed by atoms with Crippen molar-refractivity contribution in [2.24, 2.45) is 11.8 Å². The van der Waals surface area contributed by atoms with Crippen LogP contribution in [0.15, 0.2) is 42.5 Å². The van der Waals surface area contributed by atoms with Crippen LogP contribution >= 0.6 is 0 Å². The smallest absolute Gasteiger partial charge is 0.305 e. The molecule has 2 aromatic carbocycles. The van der Waals surface area contributed by atoms with E-state index in [2.05, 4.69) is 10.6 Å². The molecular formula is C27H30N2O6. The standard InChI is InChI=1S/C27H30N2O6/c1-15(2)25(23(31)11-16(3)26(34)28-18(14-30)13-24(32)33)29-27(35)21-10-6-9-20-19-8-5-4-7-17(19)12-22(20)21/h4-10,14-16,18,25H,11-13H2,1-3H3,(H,28,34)(H,29,35)(H,32,33)/t16?,18-,25-/m0/s1. The Labute approximate surface area is 204 Å². The number of carbonyl (C=O) groups excluding carboxylic acids is 4. The number of amides is 2. The van der Waals surface area contributed by atoms with Crippen LogP contribution in [-0.4, -0.2) is 47.0 Å². The van der Waals surface area contributed by atoms with Crippen molar-refractivity contribution in [1.82, 2.24) is 10.6 Å². The van der Waals surface area contributed by atoms with Gasteiger partial charge in [0.25, 0.3) is 5.91 Å². The summed E-state index contributed by atoms with van der Waals surface area (Å²) in [5.41, 5.74) is 4.70. The Kier molecular flexibility index (Phi) is 8.17. The number of rotatable bonds is 11. The van der Waals surface area contributed by atoms with Crippen molar-refractivity contribution in [2.45, 2.75) is 52.1 Å². The van der Waals surface area contributed by atoms with Gasteiger partial charge in [0.2, 0.25) is 5.91 Å².